The summed E-state index contributed by atoms with van der Waals surface area (Å²) in [6.45, 7) is 1.84. The van der Waals surface area contributed by atoms with E-state index in [-0.39, 0.29) is 11.1 Å². The van der Waals surface area contributed by atoms with Crippen molar-refractivity contribution in [3.63, 3.8) is 0 Å². The van der Waals surface area contributed by atoms with Crippen molar-refractivity contribution >= 4 is 5.78 Å². The highest BCUT2D eigenvalue weighted by molar-refractivity contribution is 6.10. The predicted molar refractivity (Wildman–Crippen MR) is 73.7 cm³/mol. The summed E-state index contributed by atoms with van der Waals surface area (Å²) in [6, 6.07) is 9.56. The van der Waals surface area contributed by atoms with Crippen molar-refractivity contribution in [2.24, 2.45) is 5.73 Å². The summed E-state index contributed by atoms with van der Waals surface area (Å²) in [4.78, 5) is 12.4. The topological polar surface area (TPSA) is 43.1 Å². The summed E-state index contributed by atoms with van der Waals surface area (Å²) in [6.07, 6.45) is 0.512. The van der Waals surface area contributed by atoms with Crippen LogP contribution >= 0.6 is 0 Å². The lowest BCUT2D eigenvalue weighted by Gasteiger charge is -2.09. The highest BCUT2D eigenvalue weighted by Crippen LogP contribution is 2.21. The Morgan fingerprint density at radius 1 is 1.05 bits per heavy atom. The van der Waals surface area contributed by atoms with Crippen molar-refractivity contribution < 1.29 is 13.6 Å². The first kappa shape index (κ1) is 14.3. The number of rotatable bonds is 4. The molecule has 20 heavy (non-hydrogen) atoms. The number of hydrogen-bond acceptors (Lipinski definition) is 2. The van der Waals surface area contributed by atoms with Crippen molar-refractivity contribution in [1.82, 2.24) is 0 Å². The van der Waals surface area contributed by atoms with E-state index in [1.807, 2.05) is 0 Å². The van der Waals surface area contributed by atoms with E-state index >= 15 is 0 Å². The highest BCUT2D eigenvalue weighted by Gasteiger charge is 2.20. The molecule has 0 atom stereocenters. The lowest BCUT2D eigenvalue weighted by molar-refractivity contribution is 0.103. The van der Waals surface area contributed by atoms with E-state index in [1.54, 1.807) is 24.3 Å². The average molecular weight is 275 g/mol. The molecular weight excluding hydrogens is 260 g/mol. The Morgan fingerprint density at radius 2 is 1.75 bits per heavy atom. The van der Waals surface area contributed by atoms with Crippen molar-refractivity contribution in [2.75, 3.05) is 6.54 Å². The first-order chi connectivity index (χ1) is 9.56. The molecule has 2 aromatic rings. The van der Waals surface area contributed by atoms with Crippen LogP contribution in [-0.2, 0) is 6.42 Å². The minimum atomic E-state index is -1.10. The Kier molecular flexibility index (Phi) is 4.25. The lowest BCUT2D eigenvalue weighted by Crippen LogP contribution is -2.12. The molecule has 0 fully saturated rings. The van der Waals surface area contributed by atoms with Crippen LogP contribution in [0.15, 0.2) is 36.4 Å². The Balaban J connectivity index is 2.50. The second-order valence-corrected chi connectivity index (χ2v) is 4.58. The van der Waals surface area contributed by atoms with Gasteiger partial charge in [0.2, 0.25) is 0 Å². The zero-order valence-corrected chi connectivity index (χ0v) is 11.1. The number of benzene rings is 2. The molecule has 104 valence electrons. The van der Waals surface area contributed by atoms with Crippen LogP contribution in [0, 0.1) is 18.6 Å². The first-order valence-corrected chi connectivity index (χ1v) is 6.33. The minimum absolute atomic E-state index is 0.175. The van der Waals surface area contributed by atoms with E-state index in [1.165, 1.54) is 19.1 Å². The molecule has 2 N–H and O–H groups in total. The summed E-state index contributed by atoms with van der Waals surface area (Å²) in [5.74, 6) is -2.60. The van der Waals surface area contributed by atoms with Crippen LogP contribution in [0.3, 0.4) is 0 Å². The standard InChI is InChI=1S/C16H15F2NO/c1-10-6-7-13(15(18)14(10)17)16(20)12-5-3-2-4-11(12)8-9-19/h2-7H,8-9,19H2,1H3. The molecule has 0 aliphatic heterocycles. The smallest absolute Gasteiger partial charge is 0.196 e. The molecule has 2 nitrogen and oxygen atoms in total. The highest BCUT2D eigenvalue weighted by atomic mass is 19.2. The zero-order valence-electron chi connectivity index (χ0n) is 11.1. The fraction of sp³-hybridized carbons (Fsp3) is 0.188. The largest absolute Gasteiger partial charge is 0.330 e. The van der Waals surface area contributed by atoms with Gasteiger partial charge in [0, 0.05) is 5.56 Å². The first-order valence-electron chi connectivity index (χ1n) is 6.33. The summed E-state index contributed by atoms with van der Waals surface area (Å²) >= 11 is 0. The third-order valence-corrected chi connectivity index (χ3v) is 3.20. The SMILES string of the molecule is Cc1ccc(C(=O)c2ccccc2CCN)c(F)c1F. The van der Waals surface area contributed by atoms with E-state index in [4.69, 9.17) is 5.73 Å². The normalized spacial score (nSPS) is 10.6. The second kappa shape index (κ2) is 5.92. The van der Waals surface area contributed by atoms with Gasteiger partial charge in [0.1, 0.15) is 0 Å². The van der Waals surface area contributed by atoms with Gasteiger partial charge in [-0.15, -0.1) is 0 Å². The summed E-state index contributed by atoms with van der Waals surface area (Å²) in [5, 5.41) is 0. The number of aryl methyl sites for hydroxylation is 1. The summed E-state index contributed by atoms with van der Waals surface area (Å²) < 4.78 is 27.5. The molecule has 4 heteroatoms. The van der Waals surface area contributed by atoms with Crippen LogP contribution in [0.2, 0.25) is 0 Å². The van der Waals surface area contributed by atoms with Crippen LogP contribution in [-0.4, -0.2) is 12.3 Å². The number of ketones is 1. The average Bonchev–Trinajstić information content (AvgIpc) is 2.45. The monoisotopic (exact) mass is 275 g/mol. The van der Waals surface area contributed by atoms with Gasteiger partial charge in [-0.2, -0.15) is 0 Å². The molecule has 0 spiro atoms. The van der Waals surface area contributed by atoms with Crippen LogP contribution in [0.5, 0.6) is 0 Å². The van der Waals surface area contributed by atoms with Crippen LogP contribution in [0.25, 0.3) is 0 Å². The maximum Gasteiger partial charge on any atom is 0.196 e. The number of carbonyl (C=O) groups is 1. The summed E-state index contributed by atoms with van der Waals surface area (Å²) in [5.41, 5.74) is 6.52. The minimum Gasteiger partial charge on any atom is -0.330 e. The van der Waals surface area contributed by atoms with Gasteiger partial charge in [0.15, 0.2) is 17.4 Å². The zero-order chi connectivity index (χ0) is 14.7. The number of nitrogens with two attached hydrogens (primary N) is 1. The summed E-state index contributed by atoms with van der Waals surface area (Å²) in [7, 11) is 0. The Labute approximate surface area is 116 Å². The van der Waals surface area contributed by atoms with Crippen LogP contribution in [0.4, 0.5) is 8.78 Å². The van der Waals surface area contributed by atoms with Crippen molar-refractivity contribution in [2.45, 2.75) is 13.3 Å². The van der Waals surface area contributed by atoms with E-state index < -0.39 is 17.4 Å². The fourth-order valence-corrected chi connectivity index (χ4v) is 2.08. The molecule has 0 bridgehead atoms. The van der Waals surface area contributed by atoms with E-state index in [9.17, 15) is 13.6 Å². The van der Waals surface area contributed by atoms with E-state index in [0.717, 1.165) is 5.56 Å². The van der Waals surface area contributed by atoms with Gasteiger partial charge < -0.3 is 5.73 Å². The molecule has 0 heterocycles. The molecule has 0 radical (unpaired) electrons. The number of hydrogen-bond donors (Lipinski definition) is 1. The van der Waals surface area contributed by atoms with Gasteiger partial charge in [-0.1, -0.05) is 30.3 Å². The van der Waals surface area contributed by atoms with Gasteiger partial charge in [-0.3, -0.25) is 4.79 Å². The molecule has 0 amide bonds. The van der Waals surface area contributed by atoms with Gasteiger partial charge >= 0.3 is 0 Å². The maximum atomic E-state index is 13.9. The van der Waals surface area contributed by atoms with Crippen LogP contribution in [0.1, 0.15) is 27.0 Å². The molecule has 0 unspecified atom stereocenters. The number of carbonyl (C=O) groups excluding carboxylic acids is 1. The van der Waals surface area contributed by atoms with E-state index in [0.29, 0.717) is 18.5 Å². The Hall–Kier alpha value is -2.07. The Morgan fingerprint density at radius 3 is 2.45 bits per heavy atom. The molecule has 0 aromatic heterocycles. The third-order valence-electron chi connectivity index (χ3n) is 3.20. The van der Waals surface area contributed by atoms with Gasteiger partial charge in [-0.25, -0.2) is 8.78 Å². The second-order valence-electron chi connectivity index (χ2n) is 4.58. The fourth-order valence-electron chi connectivity index (χ4n) is 2.08. The lowest BCUT2D eigenvalue weighted by atomic mass is 9.95. The van der Waals surface area contributed by atoms with Gasteiger partial charge in [0.25, 0.3) is 0 Å². The molecule has 0 saturated carbocycles. The van der Waals surface area contributed by atoms with Gasteiger partial charge in [0.05, 0.1) is 5.56 Å². The molecule has 2 rings (SSSR count). The van der Waals surface area contributed by atoms with Crippen LogP contribution < -0.4 is 5.73 Å². The molecule has 0 saturated heterocycles. The Bertz CT molecular complexity index is 653. The van der Waals surface area contributed by atoms with E-state index in [2.05, 4.69) is 0 Å². The maximum absolute atomic E-state index is 13.9. The molecular formula is C16H15F2NO. The quantitative estimate of drug-likeness (QED) is 0.872. The van der Waals surface area contributed by atoms with Crippen molar-refractivity contribution in [3.05, 3.63) is 70.3 Å². The third kappa shape index (κ3) is 2.60. The predicted octanol–water partition coefficient (Wildman–Crippen LogP) is 3.01. The van der Waals surface area contributed by atoms with Crippen molar-refractivity contribution in [3.8, 4) is 0 Å². The molecule has 2 aromatic carbocycles. The molecule has 0 aliphatic rings. The molecule has 0 aliphatic carbocycles. The number of halogens is 2. The van der Waals surface area contributed by atoms with Gasteiger partial charge in [-0.05, 0) is 37.1 Å². The van der Waals surface area contributed by atoms with Crippen molar-refractivity contribution in [1.29, 1.82) is 0 Å².